The first-order valence-corrected chi connectivity index (χ1v) is 9.80. The molecular formula is C24H25N3O4. The number of rotatable bonds is 8. The third-order valence-corrected chi connectivity index (χ3v) is 4.39. The number of carbonyl (C=O) groups is 2. The minimum Gasteiger partial charge on any atom is -0.495 e. The molecule has 0 bridgehead atoms. The van der Waals surface area contributed by atoms with E-state index in [1.165, 1.54) is 6.92 Å². The molecule has 2 amide bonds. The number of nitrogens with one attached hydrogen (secondary N) is 3. The topological polar surface area (TPSA) is 88.7 Å². The van der Waals surface area contributed by atoms with Crippen LogP contribution in [0.5, 0.6) is 17.2 Å². The molecule has 0 spiro atoms. The van der Waals surface area contributed by atoms with E-state index in [4.69, 9.17) is 9.47 Å². The van der Waals surface area contributed by atoms with Crippen LogP contribution in [0, 0.1) is 0 Å². The highest BCUT2D eigenvalue weighted by Crippen LogP contribution is 2.29. The van der Waals surface area contributed by atoms with E-state index in [1.807, 2.05) is 30.3 Å². The lowest BCUT2D eigenvalue weighted by Crippen LogP contribution is -2.32. The van der Waals surface area contributed by atoms with Gasteiger partial charge in [-0.1, -0.05) is 18.2 Å². The molecule has 7 heteroatoms. The predicted octanol–water partition coefficient (Wildman–Crippen LogP) is 4.89. The lowest BCUT2D eigenvalue weighted by molar-refractivity contribution is -0.116. The average molecular weight is 419 g/mol. The lowest BCUT2D eigenvalue weighted by Gasteiger charge is -2.18. The minimum atomic E-state index is -0.554. The molecule has 0 radical (unpaired) electrons. The zero-order valence-corrected chi connectivity index (χ0v) is 17.6. The highest BCUT2D eigenvalue weighted by atomic mass is 16.5. The van der Waals surface area contributed by atoms with Crippen LogP contribution in [0.3, 0.4) is 0 Å². The van der Waals surface area contributed by atoms with Gasteiger partial charge in [0.2, 0.25) is 11.8 Å². The molecule has 31 heavy (non-hydrogen) atoms. The van der Waals surface area contributed by atoms with Crippen molar-refractivity contribution >= 4 is 28.9 Å². The Labute approximate surface area is 181 Å². The van der Waals surface area contributed by atoms with E-state index in [2.05, 4.69) is 16.0 Å². The molecule has 0 unspecified atom stereocenters. The summed E-state index contributed by atoms with van der Waals surface area (Å²) in [5.74, 6) is 1.59. The number of methoxy groups -OCH3 is 1. The van der Waals surface area contributed by atoms with E-state index < -0.39 is 6.04 Å². The van der Waals surface area contributed by atoms with Crippen molar-refractivity contribution in [1.29, 1.82) is 0 Å². The minimum absolute atomic E-state index is 0.179. The summed E-state index contributed by atoms with van der Waals surface area (Å²) in [6.45, 7) is 3.18. The van der Waals surface area contributed by atoms with Crippen LogP contribution in [0.1, 0.15) is 13.8 Å². The smallest absolute Gasteiger partial charge is 0.246 e. The number of hydrogen-bond donors (Lipinski definition) is 3. The average Bonchev–Trinajstić information content (AvgIpc) is 2.75. The molecule has 7 nitrogen and oxygen atoms in total. The highest BCUT2D eigenvalue weighted by molar-refractivity contribution is 5.97. The Kier molecular flexibility index (Phi) is 7.11. The predicted molar refractivity (Wildman–Crippen MR) is 122 cm³/mol. The van der Waals surface area contributed by atoms with Gasteiger partial charge in [0.15, 0.2) is 0 Å². The summed E-state index contributed by atoms with van der Waals surface area (Å²) in [6.07, 6.45) is 0. The van der Waals surface area contributed by atoms with Crippen LogP contribution in [-0.2, 0) is 9.59 Å². The van der Waals surface area contributed by atoms with E-state index in [9.17, 15) is 9.59 Å². The molecule has 3 aromatic rings. The molecule has 160 valence electrons. The molecule has 3 N–H and O–H groups in total. The van der Waals surface area contributed by atoms with Gasteiger partial charge in [-0.2, -0.15) is 0 Å². The van der Waals surface area contributed by atoms with Crippen molar-refractivity contribution in [3.8, 4) is 17.2 Å². The molecule has 0 aliphatic rings. The largest absolute Gasteiger partial charge is 0.495 e. The number of anilines is 3. The van der Waals surface area contributed by atoms with Gasteiger partial charge in [0.05, 0.1) is 12.8 Å². The van der Waals surface area contributed by atoms with Gasteiger partial charge in [0, 0.05) is 18.3 Å². The molecule has 0 fully saturated rings. The first-order chi connectivity index (χ1) is 14.9. The molecule has 0 aromatic heterocycles. The second-order valence-electron chi connectivity index (χ2n) is 6.89. The van der Waals surface area contributed by atoms with Gasteiger partial charge in [-0.05, 0) is 61.5 Å². The molecule has 3 rings (SSSR count). The summed E-state index contributed by atoms with van der Waals surface area (Å²) in [7, 11) is 1.54. The normalized spacial score (nSPS) is 11.2. The van der Waals surface area contributed by atoms with E-state index in [-0.39, 0.29) is 11.8 Å². The Bertz CT molecular complexity index is 1040. The van der Waals surface area contributed by atoms with Crippen molar-refractivity contribution < 1.29 is 19.1 Å². The molecule has 0 saturated heterocycles. The van der Waals surface area contributed by atoms with Gasteiger partial charge in [0.1, 0.15) is 23.3 Å². The van der Waals surface area contributed by atoms with Gasteiger partial charge < -0.3 is 25.4 Å². The van der Waals surface area contributed by atoms with Gasteiger partial charge in [0.25, 0.3) is 0 Å². The maximum Gasteiger partial charge on any atom is 0.246 e. The van der Waals surface area contributed by atoms with E-state index in [1.54, 1.807) is 56.5 Å². The molecule has 0 saturated carbocycles. The molecule has 0 aliphatic heterocycles. The van der Waals surface area contributed by atoms with Gasteiger partial charge in [-0.15, -0.1) is 0 Å². The molecule has 3 aromatic carbocycles. The summed E-state index contributed by atoms with van der Waals surface area (Å²) in [5, 5.41) is 8.71. The van der Waals surface area contributed by atoms with Crippen LogP contribution in [0.15, 0.2) is 72.8 Å². The lowest BCUT2D eigenvalue weighted by atomic mass is 10.2. The standard InChI is InChI=1S/C24H25N3O4/c1-16(25-22-15-19(26-17(2)28)11-14-23(22)30-3)24(29)27-18-9-12-21(13-10-18)31-20-7-5-4-6-8-20/h4-16,25H,1-3H3,(H,26,28)(H,27,29)/t16-/m1/s1. The van der Waals surface area contributed by atoms with Gasteiger partial charge in [-0.25, -0.2) is 0 Å². The Balaban J connectivity index is 1.62. The van der Waals surface area contributed by atoms with Crippen molar-refractivity contribution in [3.05, 3.63) is 72.8 Å². The fourth-order valence-electron chi connectivity index (χ4n) is 2.88. The Morgan fingerprint density at radius 3 is 2.13 bits per heavy atom. The van der Waals surface area contributed by atoms with Crippen molar-refractivity contribution in [2.45, 2.75) is 19.9 Å². The fraction of sp³-hybridized carbons (Fsp3) is 0.167. The van der Waals surface area contributed by atoms with Gasteiger partial charge in [-0.3, -0.25) is 9.59 Å². The number of amides is 2. The van der Waals surface area contributed by atoms with Crippen molar-refractivity contribution in [2.75, 3.05) is 23.1 Å². The van der Waals surface area contributed by atoms with E-state index in [0.717, 1.165) is 5.75 Å². The third kappa shape index (κ3) is 6.24. The van der Waals surface area contributed by atoms with Crippen molar-refractivity contribution in [3.63, 3.8) is 0 Å². The van der Waals surface area contributed by atoms with Gasteiger partial charge >= 0.3 is 0 Å². The molecule has 0 heterocycles. The van der Waals surface area contributed by atoms with Crippen LogP contribution >= 0.6 is 0 Å². The number of benzene rings is 3. The zero-order chi connectivity index (χ0) is 22.2. The van der Waals surface area contributed by atoms with E-state index in [0.29, 0.717) is 28.6 Å². The Morgan fingerprint density at radius 2 is 1.48 bits per heavy atom. The zero-order valence-electron chi connectivity index (χ0n) is 17.6. The third-order valence-electron chi connectivity index (χ3n) is 4.39. The quantitative estimate of drug-likeness (QED) is 0.484. The second-order valence-corrected chi connectivity index (χ2v) is 6.89. The maximum atomic E-state index is 12.6. The Morgan fingerprint density at radius 1 is 0.839 bits per heavy atom. The first-order valence-electron chi connectivity index (χ1n) is 9.80. The van der Waals surface area contributed by atoms with Crippen molar-refractivity contribution in [1.82, 2.24) is 0 Å². The second kappa shape index (κ2) is 10.2. The monoisotopic (exact) mass is 419 g/mol. The SMILES string of the molecule is COc1ccc(NC(C)=O)cc1N[C@H](C)C(=O)Nc1ccc(Oc2ccccc2)cc1. The van der Waals surface area contributed by atoms with E-state index >= 15 is 0 Å². The number of carbonyl (C=O) groups excluding carboxylic acids is 2. The molecular weight excluding hydrogens is 394 g/mol. The van der Waals surface area contributed by atoms with Crippen LogP contribution < -0.4 is 25.4 Å². The van der Waals surface area contributed by atoms with Crippen LogP contribution in [-0.4, -0.2) is 25.0 Å². The summed E-state index contributed by atoms with van der Waals surface area (Å²) in [5.41, 5.74) is 1.86. The Hall–Kier alpha value is -4.00. The summed E-state index contributed by atoms with van der Waals surface area (Å²) in [6, 6.07) is 21.2. The molecule has 0 aliphatic carbocycles. The maximum absolute atomic E-state index is 12.6. The summed E-state index contributed by atoms with van der Waals surface area (Å²) in [4.78, 5) is 23.9. The molecule has 1 atom stereocenters. The van der Waals surface area contributed by atoms with Crippen LogP contribution in [0.2, 0.25) is 0 Å². The number of para-hydroxylation sites is 1. The highest BCUT2D eigenvalue weighted by Gasteiger charge is 2.16. The van der Waals surface area contributed by atoms with Crippen molar-refractivity contribution in [2.24, 2.45) is 0 Å². The van der Waals surface area contributed by atoms with Crippen LogP contribution in [0.25, 0.3) is 0 Å². The summed E-state index contributed by atoms with van der Waals surface area (Å²) >= 11 is 0. The summed E-state index contributed by atoms with van der Waals surface area (Å²) < 4.78 is 11.1. The number of hydrogen-bond acceptors (Lipinski definition) is 5. The number of ether oxygens (including phenoxy) is 2. The van der Waals surface area contributed by atoms with Crippen LogP contribution in [0.4, 0.5) is 17.1 Å². The first kappa shape index (κ1) is 21.7. The fourth-order valence-corrected chi connectivity index (χ4v) is 2.88.